The largest absolute Gasteiger partial charge is 0.369 e. The molecule has 0 aromatic carbocycles. The molecule has 1 aliphatic rings. The summed E-state index contributed by atoms with van der Waals surface area (Å²) in [5.74, 6) is 6.12. The minimum Gasteiger partial charge on any atom is -0.369 e. The molecule has 2 heterocycles. The molecule has 4 nitrogen and oxygen atoms in total. The fraction of sp³-hybridized carbons (Fsp3) is 0.769. The number of hydrogen-bond donors (Lipinski definition) is 2. The predicted molar refractivity (Wildman–Crippen MR) is 74.3 cm³/mol. The molecule has 1 aromatic rings. The highest BCUT2D eigenvalue weighted by atomic mass is 32.1. The van der Waals surface area contributed by atoms with Crippen LogP contribution in [0.3, 0.4) is 0 Å². The van der Waals surface area contributed by atoms with E-state index in [1.54, 1.807) is 11.3 Å². The van der Waals surface area contributed by atoms with Gasteiger partial charge in [0.2, 0.25) is 0 Å². The highest BCUT2D eigenvalue weighted by Gasteiger charge is 2.49. The number of nitrogens with one attached hydrogen (secondary N) is 1. The summed E-state index contributed by atoms with van der Waals surface area (Å²) in [6.45, 7) is 10.6. The van der Waals surface area contributed by atoms with Gasteiger partial charge in [-0.05, 0) is 41.0 Å². The second-order valence-corrected chi connectivity index (χ2v) is 7.47. The van der Waals surface area contributed by atoms with Crippen LogP contribution in [0.25, 0.3) is 0 Å². The van der Waals surface area contributed by atoms with Crippen LogP contribution in [0, 0.1) is 12.8 Å². The number of aromatic nitrogens is 1. The van der Waals surface area contributed by atoms with Crippen molar-refractivity contribution in [3.8, 4) is 0 Å². The second-order valence-electron chi connectivity index (χ2n) is 6.20. The van der Waals surface area contributed by atoms with E-state index in [0.29, 0.717) is 5.92 Å². The summed E-state index contributed by atoms with van der Waals surface area (Å²) >= 11 is 1.70. The first-order valence-electron chi connectivity index (χ1n) is 6.34. The van der Waals surface area contributed by atoms with Crippen LogP contribution in [-0.4, -0.2) is 16.2 Å². The molecular weight excluding hydrogens is 246 g/mol. The van der Waals surface area contributed by atoms with Crippen molar-refractivity contribution in [3.05, 3.63) is 16.1 Å². The van der Waals surface area contributed by atoms with Gasteiger partial charge in [-0.15, -0.1) is 11.3 Å². The van der Waals surface area contributed by atoms with E-state index < -0.39 is 0 Å². The first kappa shape index (κ1) is 13.9. The third-order valence-electron chi connectivity index (χ3n) is 3.67. The van der Waals surface area contributed by atoms with Gasteiger partial charge < -0.3 is 4.74 Å². The standard InChI is InChI=1S/C13H23N3OS/c1-8-15-7-10(18-8)11(16-14)9-6-12(2,3)17-13(9,4)5/h7,9,11,16H,6,14H2,1-5H3. The molecule has 1 fully saturated rings. The van der Waals surface area contributed by atoms with E-state index in [1.165, 1.54) is 4.88 Å². The molecule has 2 unspecified atom stereocenters. The molecule has 0 aliphatic carbocycles. The fourth-order valence-electron chi connectivity index (χ4n) is 3.04. The Kier molecular flexibility index (Phi) is 3.53. The van der Waals surface area contributed by atoms with Crippen molar-refractivity contribution in [2.45, 2.75) is 58.3 Å². The van der Waals surface area contributed by atoms with Crippen molar-refractivity contribution in [1.29, 1.82) is 0 Å². The molecule has 0 amide bonds. The van der Waals surface area contributed by atoms with Crippen LogP contribution in [-0.2, 0) is 4.74 Å². The zero-order valence-electron chi connectivity index (χ0n) is 11.8. The summed E-state index contributed by atoms with van der Waals surface area (Å²) in [6, 6.07) is 0.105. The smallest absolute Gasteiger partial charge is 0.0897 e. The molecule has 0 radical (unpaired) electrons. The van der Waals surface area contributed by atoms with Gasteiger partial charge in [-0.1, -0.05) is 0 Å². The summed E-state index contributed by atoms with van der Waals surface area (Å²) < 4.78 is 6.15. The predicted octanol–water partition coefficient (Wildman–Crippen LogP) is 2.55. The highest BCUT2D eigenvalue weighted by Crippen LogP contribution is 2.48. The Morgan fingerprint density at radius 2 is 2.17 bits per heavy atom. The number of hydrazine groups is 1. The molecule has 1 aromatic heterocycles. The molecular formula is C13H23N3OS. The average Bonchev–Trinajstić information content (AvgIpc) is 2.70. The molecule has 102 valence electrons. The number of nitrogens with two attached hydrogens (primary N) is 1. The van der Waals surface area contributed by atoms with Crippen LogP contribution in [0.5, 0.6) is 0 Å². The first-order chi connectivity index (χ1) is 8.25. The maximum atomic E-state index is 6.15. The fourth-order valence-corrected chi connectivity index (χ4v) is 3.95. The third kappa shape index (κ3) is 2.59. The lowest BCUT2D eigenvalue weighted by atomic mass is 9.81. The Morgan fingerprint density at radius 1 is 1.50 bits per heavy atom. The van der Waals surface area contributed by atoms with Crippen LogP contribution >= 0.6 is 11.3 Å². The van der Waals surface area contributed by atoms with Crippen molar-refractivity contribution in [2.75, 3.05) is 0 Å². The summed E-state index contributed by atoms with van der Waals surface area (Å²) in [4.78, 5) is 5.51. The summed E-state index contributed by atoms with van der Waals surface area (Å²) in [7, 11) is 0. The van der Waals surface area contributed by atoms with E-state index in [9.17, 15) is 0 Å². The molecule has 18 heavy (non-hydrogen) atoms. The van der Waals surface area contributed by atoms with Gasteiger partial charge in [0.25, 0.3) is 0 Å². The number of nitrogens with zero attached hydrogens (tertiary/aromatic N) is 1. The first-order valence-corrected chi connectivity index (χ1v) is 7.15. The van der Waals surface area contributed by atoms with Crippen molar-refractivity contribution in [3.63, 3.8) is 0 Å². The van der Waals surface area contributed by atoms with Crippen molar-refractivity contribution < 1.29 is 4.74 Å². The Morgan fingerprint density at radius 3 is 2.56 bits per heavy atom. The van der Waals surface area contributed by atoms with E-state index in [1.807, 2.05) is 13.1 Å². The molecule has 3 N–H and O–H groups in total. The number of thiazole rings is 1. The molecule has 1 saturated heterocycles. The van der Waals surface area contributed by atoms with Gasteiger partial charge in [-0.2, -0.15) is 0 Å². The Hall–Kier alpha value is -0.490. The summed E-state index contributed by atoms with van der Waals surface area (Å²) in [5.41, 5.74) is 2.68. The zero-order chi connectivity index (χ0) is 13.6. The maximum absolute atomic E-state index is 6.15. The van der Waals surface area contributed by atoms with E-state index in [-0.39, 0.29) is 17.2 Å². The lowest BCUT2D eigenvalue weighted by molar-refractivity contribution is -0.0777. The summed E-state index contributed by atoms with van der Waals surface area (Å²) in [5, 5.41) is 1.07. The lowest BCUT2D eigenvalue weighted by Crippen LogP contribution is -2.40. The minimum absolute atomic E-state index is 0.0942. The van der Waals surface area contributed by atoms with Crippen LogP contribution in [0.4, 0.5) is 0 Å². The van der Waals surface area contributed by atoms with Gasteiger partial charge in [-0.25, -0.2) is 4.98 Å². The van der Waals surface area contributed by atoms with Crippen LogP contribution in [0.1, 0.15) is 50.0 Å². The highest BCUT2D eigenvalue weighted by molar-refractivity contribution is 7.11. The molecule has 0 saturated carbocycles. The lowest BCUT2D eigenvalue weighted by Gasteiger charge is -2.31. The number of ether oxygens (including phenoxy) is 1. The normalized spacial score (nSPS) is 27.3. The van der Waals surface area contributed by atoms with Gasteiger partial charge in [0, 0.05) is 17.0 Å². The Balaban J connectivity index is 2.28. The Bertz CT molecular complexity index is 428. The van der Waals surface area contributed by atoms with Crippen molar-refractivity contribution >= 4 is 11.3 Å². The number of hydrogen-bond acceptors (Lipinski definition) is 5. The van der Waals surface area contributed by atoms with Crippen LogP contribution < -0.4 is 11.3 Å². The zero-order valence-corrected chi connectivity index (χ0v) is 12.6. The number of rotatable bonds is 3. The van der Waals surface area contributed by atoms with Gasteiger partial charge >= 0.3 is 0 Å². The molecule has 5 heteroatoms. The van der Waals surface area contributed by atoms with E-state index in [0.717, 1.165) is 11.4 Å². The van der Waals surface area contributed by atoms with E-state index >= 15 is 0 Å². The topological polar surface area (TPSA) is 60.2 Å². The molecule has 0 spiro atoms. The van der Waals surface area contributed by atoms with Gasteiger partial charge in [0.15, 0.2) is 0 Å². The Labute approximate surface area is 113 Å². The van der Waals surface area contributed by atoms with Gasteiger partial charge in [0.1, 0.15) is 0 Å². The quantitative estimate of drug-likeness (QED) is 0.654. The molecule has 2 atom stereocenters. The minimum atomic E-state index is -0.182. The van der Waals surface area contributed by atoms with E-state index in [4.69, 9.17) is 10.6 Å². The SMILES string of the molecule is Cc1ncc(C(NN)C2CC(C)(C)OC2(C)C)s1. The maximum Gasteiger partial charge on any atom is 0.0897 e. The molecule has 0 bridgehead atoms. The second kappa shape index (κ2) is 4.56. The number of aryl methyl sites for hydroxylation is 1. The van der Waals surface area contributed by atoms with Gasteiger partial charge in [-0.3, -0.25) is 11.3 Å². The monoisotopic (exact) mass is 269 g/mol. The molecule has 2 rings (SSSR count). The summed E-state index contributed by atoms with van der Waals surface area (Å²) in [6.07, 6.45) is 2.91. The van der Waals surface area contributed by atoms with Crippen molar-refractivity contribution in [2.24, 2.45) is 11.8 Å². The third-order valence-corrected chi connectivity index (χ3v) is 4.67. The van der Waals surface area contributed by atoms with Crippen molar-refractivity contribution in [1.82, 2.24) is 10.4 Å². The average molecular weight is 269 g/mol. The van der Waals surface area contributed by atoms with Gasteiger partial charge in [0.05, 0.1) is 22.3 Å². The molecule has 1 aliphatic heterocycles. The van der Waals surface area contributed by atoms with Crippen LogP contribution in [0.15, 0.2) is 6.20 Å². The van der Waals surface area contributed by atoms with E-state index in [2.05, 4.69) is 38.1 Å². The van der Waals surface area contributed by atoms with Crippen LogP contribution in [0.2, 0.25) is 0 Å².